The van der Waals surface area contributed by atoms with E-state index in [1.807, 2.05) is 0 Å². The van der Waals surface area contributed by atoms with Crippen LogP contribution in [0.5, 0.6) is 0 Å². The number of hydrogen-bond donors (Lipinski definition) is 1. The second-order valence-electron chi connectivity index (χ2n) is 4.61. The van der Waals surface area contributed by atoms with Gasteiger partial charge in [0.25, 0.3) is 10.2 Å². The van der Waals surface area contributed by atoms with E-state index in [1.165, 1.54) is 0 Å². The van der Waals surface area contributed by atoms with Crippen molar-refractivity contribution in [3.63, 3.8) is 0 Å². The van der Waals surface area contributed by atoms with Crippen LogP contribution in [0.2, 0.25) is 0 Å². The lowest BCUT2D eigenvalue weighted by Crippen LogP contribution is -2.52. The fourth-order valence-corrected chi connectivity index (χ4v) is 4.52. The summed E-state index contributed by atoms with van der Waals surface area (Å²) in [6.45, 7) is 2.43. The van der Waals surface area contributed by atoms with E-state index in [0.29, 0.717) is 26.2 Å². The maximum absolute atomic E-state index is 12.4. The maximum Gasteiger partial charge on any atom is 0.282 e. The van der Waals surface area contributed by atoms with E-state index in [-0.39, 0.29) is 6.04 Å². The van der Waals surface area contributed by atoms with Gasteiger partial charge in [-0.1, -0.05) is 6.42 Å². The van der Waals surface area contributed by atoms with Crippen molar-refractivity contribution in [3.8, 4) is 0 Å². The Morgan fingerprint density at radius 1 is 1.06 bits per heavy atom. The van der Waals surface area contributed by atoms with Crippen LogP contribution in [-0.2, 0) is 10.2 Å². The highest BCUT2D eigenvalue weighted by Gasteiger charge is 2.36. The van der Waals surface area contributed by atoms with Crippen molar-refractivity contribution in [1.82, 2.24) is 8.61 Å². The smallest absolute Gasteiger partial charge is 0.282 e. The summed E-state index contributed by atoms with van der Waals surface area (Å²) in [6.07, 6.45) is 4.93. The van der Waals surface area contributed by atoms with E-state index in [9.17, 15) is 8.42 Å². The van der Waals surface area contributed by atoms with E-state index in [0.717, 1.165) is 32.1 Å². The lowest BCUT2D eigenvalue weighted by molar-refractivity contribution is 0.240. The zero-order chi connectivity index (χ0) is 11.6. The minimum Gasteiger partial charge on any atom is -0.329 e. The molecule has 0 aromatic rings. The topological polar surface area (TPSA) is 66.6 Å². The molecule has 0 amide bonds. The van der Waals surface area contributed by atoms with Crippen molar-refractivity contribution in [2.45, 2.75) is 38.1 Å². The lowest BCUT2D eigenvalue weighted by atomic mass is 10.1. The zero-order valence-corrected chi connectivity index (χ0v) is 10.5. The fraction of sp³-hybridized carbons (Fsp3) is 1.00. The summed E-state index contributed by atoms with van der Waals surface area (Å²) in [5, 5.41) is 0. The molecule has 2 heterocycles. The van der Waals surface area contributed by atoms with Crippen LogP contribution in [0, 0.1) is 0 Å². The quantitative estimate of drug-likeness (QED) is 0.771. The Kier molecular flexibility index (Phi) is 3.84. The third kappa shape index (κ3) is 2.25. The van der Waals surface area contributed by atoms with Gasteiger partial charge in [0.05, 0.1) is 0 Å². The van der Waals surface area contributed by atoms with Gasteiger partial charge in [-0.05, 0) is 25.7 Å². The van der Waals surface area contributed by atoms with Crippen LogP contribution < -0.4 is 5.73 Å². The summed E-state index contributed by atoms with van der Waals surface area (Å²) in [6, 6.07) is 0.0133. The van der Waals surface area contributed by atoms with Gasteiger partial charge < -0.3 is 5.73 Å². The summed E-state index contributed by atoms with van der Waals surface area (Å²) in [5.74, 6) is 0. The van der Waals surface area contributed by atoms with E-state index >= 15 is 0 Å². The predicted molar refractivity (Wildman–Crippen MR) is 63.1 cm³/mol. The Labute approximate surface area is 97.8 Å². The van der Waals surface area contributed by atoms with Crippen molar-refractivity contribution >= 4 is 10.2 Å². The summed E-state index contributed by atoms with van der Waals surface area (Å²) >= 11 is 0. The minimum atomic E-state index is -3.24. The third-order valence-electron chi connectivity index (χ3n) is 3.53. The largest absolute Gasteiger partial charge is 0.329 e. The number of hydrogen-bond acceptors (Lipinski definition) is 3. The van der Waals surface area contributed by atoms with Crippen molar-refractivity contribution < 1.29 is 8.42 Å². The van der Waals surface area contributed by atoms with Crippen molar-refractivity contribution in [2.75, 3.05) is 26.2 Å². The molecular weight excluding hydrogens is 226 g/mol. The average Bonchev–Trinajstić information content (AvgIpc) is 2.83. The van der Waals surface area contributed by atoms with Gasteiger partial charge >= 0.3 is 0 Å². The summed E-state index contributed by atoms with van der Waals surface area (Å²) < 4.78 is 27.9. The lowest BCUT2D eigenvalue weighted by Gasteiger charge is -2.36. The third-order valence-corrected chi connectivity index (χ3v) is 5.62. The second-order valence-corrected chi connectivity index (χ2v) is 6.49. The van der Waals surface area contributed by atoms with E-state index in [4.69, 9.17) is 5.73 Å². The van der Waals surface area contributed by atoms with E-state index in [1.54, 1.807) is 8.61 Å². The first-order valence-corrected chi connectivity index (χ1v) is 7.53. The highest BCUT2D eigenvalue weighted by molar-refractivity contribution is 7.86. The molecular formula is C10H21N3O2S. The molecule has 0 aliphatic carbocycles. The van der Waals surface area contributed by atoms with Gasteiger partial charge in [0, 0.05) is 32.2 Å². The summed E-state index contributed by atoms with van der Waals surface area (Å²) in [5.41, 5.74) is 5.66. The van der Waals surface area contributed by atoms with Gasteiger partial charge in [-0.15, -0.1) is 0 Å². The number of nitrogens with zero attached hydrogens (tertiary/aromatic N) is 2. The fourth-order valence-electron chi connectivity index (χ4n) is 2.58. The molecule has 2 aliphatic rings. The standard InChI is InChI=1S/C10H21N3O2S/c11-9-10-5-1-2-8-13(10)16(14,15)12-6-3-4-7-12/h10H,1-9,11H2. The molecule has 2 saturated heterocycles. The molecule has 2 aliphatic heterocycles. The molecule has 94 valence electrons. The Bertz CT molecular complexity index is 325. The Hall–Kier alpha value is -0.170. The molecule has 2 N–H and O–H groups in total. The van der Waals surface area contributed by atoms with Crippen LogP contribution in [0.15, 0.2) is 0 Å². The predicted octanol–water partition coefficient (Wildman–Crippen LogP) is 0.140. The summed E-state index contributed by atoms with van der Waals surface area (Å²) in [4.78, 5) is 0. The maximum atomic E-state index is 12.4. The molecule has 1 atom stereocenters. The average molecular weight is 247 g/mol. The summed E-state index contributed by atoms with van der Waals surface area (Å²) in [7, 11) is -3.24. The normalized spacial score (nSPS) is 29.7. The number of nitrogens with two attached hydrogens (primary N) is 1. The first kappa shape index (κ1) is 12.3. The molecule has 16 heavy (non-hydrogen) atoms. The molecule has 0 bridgehead atoms. The first-order valence-electron chi connectivity index (χ1n) is 6.13. The van der Waals surface area contributed by atoms with Crippen molar-refractivity contribution in [2.24, 2.45) is 5.73 Å². The number of rotatable bonds is 3. The van der Waals surface area contributed by atoms with Crippen LogP contribution in [0.25, 0.3) is 0 Å². The van der Waals surface area contributed by atoms with Gasteiger partial charge in [-0.3, -0.25) is 0 Å². The van der Waals surface area contributed by atoms with Crippen LogP contribution in [0.4, 0.5) is 0 Å². The first-order chi connectivity index (χ1) is 7.66. The highest BCUT2D eigenvalue weighted by atomic mass is 32.2. The Balaban J connectivity index is 2.13. The highest BCUT2D eigenvalue weighted by Crippen LogP contribution is 2.24. The molecule has 6 heteroatoms. The molecule has 1 unspecified atom stereocenters. The number of piperidine rings is 1. The Morgan fingerprint density at radius 2 is 1.69 bits per heavy atom. The van der Waals surface area contributed by atoms with E-state index < -0.39 is 10.2 Å². The minimum absolute atomic E-state index is 0.0133. The molecule has 0 radical (unpaired) electrons. The van der Waals surface area contributed by atoms with E-state index in [2.05, 4.69) is 0 Å². The zero-order valence-electron chi connectivity index (χ0n) is 9.64. The van der Waals surface area contributed by atoms with Gasteiger partial charge in [0.2, 0.25) is 0 Å². The van der Waals surface area contributed by atoms with Gasteiger partial charge in [-0.25, -0.2) is 0 Å². The monoisotopic (exact) mass is 247 g/mol. The molecule has 5 nitrogen and oxygen atoms in total. The van der Waals surface area contributed by atoms with Crippen LogP contribution in [0.3, 0.4) is 0 Å². The van der Waals surface area contributed by atoms with Crippen molar-refractivity contribution in [3.05, 3.63) is 0 Å². The molecule has 2 rings (SSSR count). The van der Waals surface area contributed by atoms with Gasteiger partial charge in [-0.2, -0.15) is 17.0 Å². The Morgan fingerprint density at radius 3 is 2.31 bits per heavy atom. The second kappa shape index (κ2) is 5.00. The van der Waals surface area contributed by atoms with Crippen LogP contribution >= 0.6 is 0 Å². The molecule has 0 saturated carbocycles. The van der Waals surface area contributed by atoms with Crippen LogP contribution in [-0.4, -0.2) is 49.2 Å². The van der Waals surface area contributed by atoms with Gasteiger partial charge in [0.1, 0.15) is 0 Å². The van der Waals surface area contributed by atoms with Crippen molar-refractivity contribution in [1.29, 1.82) is 0 Å². The van der Waals surface area contributed by atoms with Crippen LogP contribution in [0.1, 0.15) is 32.1 Å². The molecule has 0 spiro atoms. The molecule has 2 fully saturated rings. The van der Waals surface area contributed by atoms with Gasteiger partial charge in [0.15, 0.2) is 0 Å². The SMILES string of the molecule is NCC1CCCCN1S(=O)(=O)N1CCCC1. The molecule has 0 aromatic heterocycles. The molecule has 0 aromatic carbocycles.